The first kappa shape index (κ1) is 17.4. The Bertz CT molecular complexity index is 320. The minimum atomic E-state index is -2.53. The van der Waals surface area contributed by atoms with E-state index in [2.05, 4.69) is 0 Å². The third-order valence-corrected chi connectivity index (χ3v) is 2.22. The maximum Gasteiger partial charge on any atom is 0.328 e. The average molecular weight is 283 g/mol. The van der Waals surface area contributed by atoms with Crippen molar-refractivity contribution in [1.82, 2.24) is 4.90 Å². The zero-order valence-electron chi connectivity index (χ0n) is 9.82. The van der Waals surface area contributed by atoms with Crippen LogP contribution in [0, 0.1) is 0 Å². The summed E-state index contributed by atoms with van der Waals surface area (Å²) in [6.07, 6.45) is -0.543. The van der Waals surface area contributed by atoms with E-state index in [0.29, 0.717) is 12.2 Å². The predicted octanol–water partition coefficient (Wildman–Crippen LogP) is -0.652. The van der Waals surface area contributed by atoms with Gasteiger partial charge in [0.15, 0.2) is 0 Å². The van der Waals surface area contributed by atoms with Gasteiger partial charge in [-0.1, -0.05) is 0 Å². The third-order valence-electron chi connectivity index (χ3n) is 2.22. The Morgan fingerprint density at radius 1 is 1.11 bits per heavy atom. The molecule has 1 aliphatic heterocycles. The lowest BCUT2D eigenvalue weighted by molar-refractivity contribution is -0.134. The third kappa shape index (κ3) is 8.19. The van der Waals surface area contributed by atoms with Gasteiger partial charge in [0.05, 0.1) is 12.2 Å². The quantitative estimate of drug-likeness (QED) is 0.401. The number of aliphatic hydroxyl groups excluding tert-OH is 2. The molecule has 0 saturated carbocycles. The first-order chi connectivity index (χ1) is 8.73. The van der Waals surface area contributed by atoms with E-state index >= 15 is 0 Å². The summed E-state index contributed by atoms with van der Waals surface area (Å²) in [5, 5.41) is 33.6. The molecule has 0 radical (unpaired) electrons. The number of nitrogens with zero attached hydrogens (tertiary/aromatic N) is 1. The molecule has 19 heavy (non-hydrogen) atoms. The highest BCUT2D eigenvalue weighted by Gasteiger charge is 2.29. The summed E-state index contributed by atoms with van der Waals surface area (Å²) in [5.74, 6) is -2.51. The second kappa shape index (κ2) is 8.51. The van der Waals surface area contributed by atoms with E-state index in [1.54, 1.807) is 0 Å². The summed E-state index contributed by atoms with van der Waals surface area (Å²) in [7, 11) is 0. The molecule has 1 heterocycles. The van der Waals surface area contributed by atoms with Gasteiger partial charge < -0.3 is 20.4 Å². The zero-order valence-corrected chi connectivity index (χ0v) is 9.82. The molecule has 1 saturated heterocycles. The highest BCUT2D eigenvalue weighted by Crippen LogP contribution is 2.14. The summed E-state index contributed by atoms with van der Waals surface area (Å²) >= 11 is 0. The predicted molar refractivity (Wildman–Crippen MR) is 58.6 cm³/mol. The number of carboxylic acids is 2. The summed E-state index contributed by atoms with van der Waals surface area (Å²) in [6.45, 7) is -2.52. The summed E-state index contributed by atoms with van der Waals surface area (Å²) < 4.78 is 23.9. The van der Waals surface area contributed by atoms with Crippen LogP contribution >= 0.6 is 0 Å². The Kier molecular flexibility index (Phi) is 7.80. The van der Waals surface area contributed by atoms with Gasteiger partial charge in [0.25, 0.3) is 6.55 Å². The molecule has 0 aromatic rings. The molecule has 1 aliphatic rings. The van der Waals surface area contributed by atoms with Crippen LogP contribution in [-0.4, -0.2) is 69.1 Å². The van der Waals surface area contributed by atoms with Gasteiger partial charge in [-0.2, -0.15) is 8.78 Å². The van der Waals surface area contributed by atoms with Crippen molar-refractivity contribution in [3.63, 3.8) is 0 Å². The fourth-order valence-electron chi connectivity index (χ4n) is 1.26. The molecule has 110 valence electrons. The Labute approximate surface area is 107 Å². The fraction of sp³-hybridized carbons (Fsp3) is 0.600. The minimum Gasteiger partial charge on any atom is -0.478 e. The number of halogens is 2. The second-order valence-electron chi connectivity index (χ2n) is 3.71. The molecule has 0 aromatic heterocycles. The Morgan fingerprint density at radius 3 is 1.89 bits per heavy atom. The molecule has 2 unspecified atom stereocenters. The molecule has 7 nitrogen and oxygen atoms in total. The van der Waals surface area contributed by atoms with Crippen molar-refractivity contribution in [3.8, 4) is 0 Å². The number of β-amino-alcohol motifs (C(OH)–C–C–N with tert-alkyl or cyclic N) is 1. The van der Waals surface area contributed by atoms with Crippen LogP contribution < -0.4 is 0 Å². The minimum absolute atomic E-state index is 0.140. The van der Waals surface area contributed by atoms with Gasteiger partial charge in [0.1, 0.15) is 0 Å². The first-order valence-electron chi connectivity index (χ1n) is 5.26. The van der Waals surface area contributed by atoms with Crippen molar-refractivity contribution in [2.75, 3.05) is 13.1 Å². The van der Waals surface area contributed by atoms with Crippen molar-refractivity contribution >= 4 is 11.9 Å². The number of aliphatic carboxylic acids is 2. The van der Waals surface area contributed by atoms with Crippen LogP contribution in [-0.2, 0) is 9.59 Å². The van der Waals surface area contributed by atoms with E-state index in [9.17, 15) is 18.4 Å². The number of piperidine rings is 1. The van der Waals surface area contributed by atoms with E-state index < -0.39 is 30.7 Å². The number of carbonyl (C=O) groups is 2. The smallest absolute Gasteiger partial charge is 0.328 e. The van der Waals surface area contributed by atoms with E-state index in [0.717, 1.165) is 4.90 Å². The number of rotatable bonds is 3. The summed E-state index contributed by atoms with van der Waals surface area (Å²) in [6, 6.07) is 0. The molecule has 0 aromatic carbocycles. The van der Waals surface area contributed by atoms with Crippen molar-refractivity contribution in [3.05, 3.63) is 12.2 Å². The number of likely N-dealkylation sites (tertiary alicyclic amines) is 1. The molecular formula is C10H15F2NO6. The van der Waals surface area contributed by atoms with E-state index in [1.807, 2.05) is 0 Å². The van der Waals surface area contributed by atoms with Crippen LogP contribution in [0.3, 0.4) is 0 Å². The van der Waals surface area contributed by atoms with Gasteiger partial charge in [-0.15, -0.1) is 0 Å². The van der Waals surface area contributed by atoms with Gasteiger partial charge in [0, 0.05) is 25.2 Å². The second-order valence-corrected chi connectivity index (χ2v) is 3.71. The number of carboxylic acid groups (broad SMARTS) is 2. The van der Waals surface area contributed by atoms with Gasteiger partial charge in [-0.25, -0.2) is 14.5 Å². The fourth-order valence-corrected chi connectivity index (χ4v) is 1.26. The van der Waals surface area contributed by atoms with Crippen molar-refractivity contribution < 1.29 is 38.8 Å². The largest absolute Gasteiger partial charge is 0.478 e. The van der Waals surface area contributed by atoms with Crippen LogP contribution in [0.1, 0.15) is 6.42 Å². The van der Waals surface area contributed by atoms with Crippen LogP contribution in [0.4, 0.5) is 8.78 Å². The van der Waals surface area contributed by atoms with E-state index in [-0.39, 0.29) is 19.5 Å². The van der Waals surface area contributed by atoms with Crippen LogP contribution in [0.5, 0.6) is 0 Å². The normalized spacial score (nSPS) is 24.1. The maximum atomic E-state index is 12.0. The van der Waals surface area contributed by atoms with Crippen molar-refractivity contribution in [1.29, 1.82) is 0 Å². The Morgan fingerprint density at radius 2 is 1.58 bits per heavy atom. The topological polar surface area (TPSA) is 118 Å². The van der Waals surface area contributed by atoms with Gasteiger partial charge in [-0.3, -0.25) is 0 Å². The highest BCUT2D eigenvalue weighted by atomic mass is 19.3. The zero-order chi connectivity index (χ0) is 15.0. The van der Waals surface area contributed by atoms with E-state index in [4.69, 9.17) is 20.4 Å². The Balaban J connectivity index is 0.000000362. The molecule has 1 rings (SSSR count). The first-order valence-corrected chi connectivity index (χ1v) is 5.26. The highest BCUT2D eigenvalue weighted by molar-refractivity contribution is 5.89. The number of aliphatic hydroxyl groups is 2. The van der Waals surface area contributed by atoms with Crippen LogP contribution in [0.25, 0.3) is 0 Å². The molecule has 4 N–H and O–H groups in total. The molecule has 9 heteroatoms. The van der Waals surface area contributed by atoms with Crippen molar-refractivity contribution in [2.45, 2.75) is 25.2 Å². The van der Waals surface area contributed by atoms with Crippen LogP contribution in [0.15, 0.2) is 12.2 Å². The molecular weight excluding hydrogens is 268 g/mol. The van der Waals surface area contributed by atoms with Crippen molar-refractivity contribution in [2.24, 2.45) is 0 Å². The number of hydrogen-bond donors (Lipinski definition) is 4. The lowest BCUT2D eigenvalue weighted by atomic mass is 10.1. The monoisotopic (exact) mass is 283 g/mol. The molecule has 2 atom stereocenters. The molecule has 0 amide bonds. The number of alkyl halides is 2. The molecule has 0 spiro atoms. The lowest BCUT2D eigenvalue weighted by Crippen LogP contribution is -2.48. The maximum absolute atomic E-state index is 12.0. The standard InChI is InChI=1S/C6H11F2NO2.C4H4O4/c7-6(8)9-2-1-4(10)5(11)3-9;5-3(6)1-2-4(7)8/h4-6,10-11H,1-3H2;1-2H,(H,5,6)(H,7,8)/b;2-1+. The van der Waals surface area contributed by atoms with E-state index in [1.165, 1.54) is 0 Å². The molecule has 1 fully saturated rings. The summed E-state index contributed by atoms with van der Waals surface area (Å²) in [5.41, 5.74) is 0. The summed E-state index contributed by atoms with van der Waals surface area (Å²) in [4.78, 5) is 20.0. The van der Waals surface area contributed by atoms with Gasteiger partial charge >= 0.3 is 11.9 Å². The molecule has 0 aliphatic carbocycles. The molecule has 0 bridgehead atoms. The number of hydrogen-bond acceptors (Lipinski definition) is 5. The Hall–Kier alpha value is -1.58. The van der Waals surface area contributed by atoms with Crippen LogP contribution in [0.2, 0.25) is 0 Å². The van der Waals surface area contributed by atoms with Gasteiger partial charge in [0.2, 0.25) is 0 Å². The lowest BCUT2D eigenvalue weighted by Gasteiger charge is -2.32. The average Bonchev–Trinajstić information content (AvgIpc) is 2.30. The SMILES string of the molecule is O=C(O)/C=C/C(=O)O.OC1CCN(C(F)F)CC1O. The van der Waals surface area contributed by atoms with Gasteiger partial charge in [-0.05, 0) is 6.42 Å².